The molecule has 2 aliphatic rings. The molecule has 3 heteroatoms. The summed E-state index contributed by atoms with van der Waals surface area (Å²) in [6, 6.07) is 0.706. The van der Waals surface area contributed by atoms with E-state index < -0.39 is 0 Å². The molecule has 1 aliphatic carbocycles. The largest absolute Gasteiger partial charge is 0.351 e. The number of anilines is 1. The molecule has 1 fully saturated rings. The third-order valence-electron chi connectivity index (χ3n) is 3.92. The molecule has 1 aliphatic heterocycles. The van der Waals surface area contributed by atoms with E-state index in [-0.39, 0.29) is 5.41 Å². The Balaban J connectivity index is 1.99. The Hall–Kier alpha value is -1.12. The van der Waals surface area contributed by atoms with Crippen LogP contribution in [0.25, 0.3) is 0 Å². The van der Waals surface area contributed by atoms with Crippen LogP contribution in [0.5, 0.6) is 0 Å². The Morgan fingerprint density at radius 2 is 1.88 bits per heavy atom. The molecule has 3 nitrogen and oxygen atoms in total. The lowest BCUT2D eigenvalue weighted by Gasteiger charge is -2.27. The van der Waals surface area contributed by atoms with Crippen molar-refractivity contribution >= 4 is 5.82 Å². The Morgan fingerprint density at radius 1 is 1.19 bits per heavy atom. The molecule has 2 heterocycles. The summed E-state index contributed by atoms with van der Waals surface area (Å²) in [7, 11) is 0. The van der Waals surface area contributed by atoms with Gasteiger partial charge in [0.15, 0.2) is 5.82 Å². The highest BCUT2D eigenvalue weighted by Crippen LogP contribution is 2.40. The molecule has 0 N–H and O–H groups in total. The van der Waals surface area contributed by atoms with Crippen LogP contribution in [0.2, 0.25) is 0 Å². The SMILES string of the molecule is CC1(C)CN(C2CCCC2)c2nccnc21. The number of hydrogen-bond acceptors (Lipinski definition) is 3. The molecule has 0 saturated heterocycles. The molecule has 0 aromatic carbocycles. The third-order valence-corrected chi connectivity index (χ3v) is 3.92. The first-order valence-corrected chi connectivity index (χ1v) is 6.27. The van der Waals surface area contributed by atoms with Crippen molar-refractivity contribution in [3.05, 3.63) is 18.1 Å². The van der Waals surface area contributed by atoms with E-state index in [1.165, 1.54) is 31.4 Å². The minimum absolute atomic E-state index is 0.159. The quantitative estimate of drug-likeness (QED) is 0.723. The summed E-state index contributed by atoms with van der Waals surface area (Å²) in [4.78, 5) is 11.6. The van der Waals surface area contributed by atoms with Crippen molar-refractivity contribution in [1.29, 1.82) is 0 Å². The zero-order chi connectivity index (χ0) is 11.2. The lowest BCUT2D eigenvalue weighted by Crippen LogP contribution is -2.36. The predicted octanol–water partition coefficient (Wildman–Crippen LogP) is 2.52. The summed E-state index contributed by atoms with van der Waals surface area (Å²) in [5.41, 5.74) is 1.34. The number of nitrogens with zero attached hydrogens (tertiary/aromatic N) is 3. The van der Waals surface area contributed by atoms with Gasteiger partial charge in [-0.3, -0.25) is 4.98 Å². The maximum Gasteiger partial charge on any atom is 0.151 e. The van der Waals surface area contributed by atoms with Gasteiger partial charge < -0.3 is 4.90 Å². The van der Waals surface area contributed by atoms with Gasteiger partial charge in [-0.05, 0) is 12.8 Å². The normalized spacial score (nSPS) is 23.8. The van der Waals surface area contributed by atoms with Crippen molar-refractivity contribution in [1.82, 2.24) is 9.97 Å². The van der Waals surface area contributed by atoms with Gasteiger partial charge in [-0.1, -0.05) is 26.7 Å². The zero-order valence-electron chi connectivity index (χ0n) is 10.1. The molecule has 1 saturated carbocycles. The van der Waals surface area contributed by atoms with Crippen LogP contribution in [0, 0.1) is 0 Å². The highest BCUT2D eigenvalue weighted by molar-refractivity contribution is 5.54. The fraction of sp³-hybridized carbons (Fsp3) is 0.692. The Morgan fingerprint density at radius 3 is 2.62 bits per heavy atom. The fourth-order valence-corrected chi connectivity index (χ4v) is 3.11. The van der Waals surface area contributed by atoms with Gasteiger partial charge in [-0.15, -0.1) is 0 Å². The molecular weight excluding hydrogens is 198 g/mol. The lowest BCUT2D eigenvalue weighted by molar-refractivity contribution is 0.504. The monoisotopic (exact) mass is 217 g/mol. The van der Waals surface area contributed by atoms with Gasteiger partial charge in [0.2, 0.25) is 0 Å². The second-order valence-corrected chi connectivity index (χ2v) is 5.68. The van der Waals surface area contributed by atoms with Crippen molar-refractivity contribution in [2.24, 2.45) is 0 Å². The van der Waals surface area contributed by atoms with Crippen molar-refractivity contribution in [2.75, 3.05) is 11.4 Å². The summed E-state index contributed by atoms with van der Waals surface area (Å²) in [6.07, 6.45) is 9.04. The fourth-order valence-electron chi connectivity index (χ4n) is 3.11. The van der Waals surface area contributed by atoms with E-state index in [1.54, 1.807) is 0 Å². The molecule has 16 heavy (non-hydrogen) atoms. The van der Waals surface area contributed by atoms with E-state index >= 15 is 0 Å². The van der Waals surface area contributed by atoms with E-state index in [2.05, 4.69) is 28.7 Å². The minimum atomic E-state index is 0.159. The molecular formula is C13H19N3. The number of aromatic nitrogens is 2. The van der Waals surface area contributed by atoms with Crippen LogP contribution in [-0.2, 0) is 5.41 Å². The standard InChI is InChI=1S/C13H19N3/c1-13(2)9-16(10-5-3-4-6-10)12-11(13)14-7-8-15-12/h7-8,10H,3-6,9H2,1-2H3. The summed E-state index contributed by atoms with van der Waals surface area (Å²) in [6.45, 7) is 5.63. The van der Waals surface area contributed by atoms with Crippen molar-refractivity contribution in [3.8, 4) is 0 Å². The molecule has 0 bridgehead atoms. The van der Waals surface area contributed by atoms with Crippen LogP contribution in [0.4, 0.5) is 5.82 Å². The van der Waals surface area contributed by atoms with Crippen molar-refractivity contribution in [2.45, 2.75) is 51.0 Å². The maximum atomic E-state index is 4.54. The molecule has 0 spiro atoms. The van der Waals surface area contributed by atoms with Gasteiger partial charge in [0.25, 0.3) is 0 Å². The van der Waals surface area contributed by atoms with Crippen LogP contribution in [0.15, 0.2) is 12.4 Å². The number of rotatable bonds is 1. The first kappa shape index (κ1) is 10.1. The van der Waals surface area contributed by atoms with Crippen molar-refractivity contribution in [3.63, 3.8) is 0 Å². The third kappa shape index (κ3) is 1.41. The highest BCUT2D eigenvalue weighted by Gasteiger charge is 2.40. The molecule has 1 aromatic heterocycles. The minimum Gasteiger partial charge on any atom is -0.351 e. The maximum absolute atomic E-state index is 4.54. The summed E-state index contributed by atoms with van der Waals surface area (Å²) < 4.78 is 0. The smallest absolute Gasteiger partial charge is 0.151 e. The average molecular weight is 217 g/mol. The van der Waals surface area contributed by atoms with Crippen LogP contribution >= 0.6 is 0 Å². The Kier molecular flexibility index (Phi) is 2.16. The van der Waals surface area contributed by atoms with E-state index in [1.807, 2.05) is 12.4 Å². The molecule has 0 unspecified atom stereocenters. The molecule has 3 rings (SSSR count). The van der Waals surface area contributed by atoms with E-state index in [9.17, 15) is 0 Å². The van der Waals surface area contributed by atoms with E-state index in [4.69, 9.17) is 0 Å². The second-order valence-electron chi connectivity index (χ2n) is 5.68. The van der Waals surface area contributed by atoms with Gasteiger partial charge in [0.05, 0.1) is 5.69 Å². The molecule has 0 atom stereocenters. The van der Waals surface area contributed by atoms with Crippen molar-refractivity contribution < 1.29 is 0 Å². The van der Waals surface area contributed by atoms with Gasteiger partial charge in [-0.2, -0.15) is 0 Å². The topological polar surface area (TPSA) is 29.0 Å². The predicted molar refractivity (Wildman–Crippen MR) is 64.7 cm³/mol. The van der Waals surface area contributed by atoms with E-state index in [0.29, 0.717) is 6.04 Å². The molecule has 0 radical (unpaired) electrons. The lowest BCUT2D eigenvalue weighted by atomic mass is 9.92. The first-order chi connectivity index (χ1) is 7.68. The van der Waals surface area contributed by atoms with Gasteiger partial charge in [0, 0.05) is 30.4 Å². The zero-order valence-corrected chi connectivity index (χ0v) is 10.1. The molecule has 1 aromatic rings. The van der Waals surface area contributed by atoms with Crippen LogP contribution in [0.1, 0.15) is 45.2 Å². The van der Waals surface area contributed by atoms with Crippen LogP contribution in [-0.4, -0.2) is 22.6 Å². The summed E-state index contributed by atoms with van der Waals surface area (Å²) in [5.74, 6) is 1.14. The van der Waals surface area contributed by atoms with Gasteiger partial charge >= 0.3 is 0 Å². The van der Waals surface area contributed by atoms with E-state index in [0.717, 1.165) is 12.4 Å². The first-order valence-electron chi connectivity index (χ1n) is 6.27. The number of fused-ring (bicyclic) bond motifs is 1. The Labute approximate surface area is 96.9 Å². The number of hydrogen-bond donors (Lipinski definition) is 0. The van der Waals surface area contributed by atoms with Crippen LogP contribution in [0.3, 0.4) is 0 Å². The van der Waals surface area contributed by atoms with Crippen LogP contribution < -0.4 is 4.90 Å². The molecule has 0 amide bonds. The highest BCUT2D eigenvalue weighted by atomic mass is 15.3. The second kappa shape index (κ2) is 3.44. The summed E-state index contributed by atoms with van der Waals surface area (Å²) in [5, 5.41) is 0. The van der Waals surface area contributed by atoms with Gasteiger partial charge in [-0.25, -0.2) is 4.98 Å². The Bertz CT molecular complexity index is 394. The summed E-state index contributed by atoms with van der Waals surface area (Å²) >= 11 is 0. The molecule has 86 valence electrons. The van der Waals surface area contributed by atoms with Gasteiger partial charge in [0.1, 0.15) is 0 Å². The average Bonchev–Trinajstić information content (AvgIpc) is 2.86.